The van der Waals surface area contributed by atoms with E-state index in [2.05, 4.69) is 43.6 Å². The summed E-state index contributed by atoms with van der Waals surface area (Å²) < 4.78 is 5.69. The molecule has 0 saturated heterocycles. The Morgan fingerprint density at radius 1 is 1.21 bits per heavy atom. The van der Waals surface area contributed by atoms with Crippen molar-refractivity contribution in [2.24, 2.45) is 11.3 Å². The maximum Gasteiger partial charge on any atom is 0.0507 e. The van der Waals surface area contributed by atoms with Crippen LogP contribution in [-0.4, -0.2) is 18.5 Å². The smallest absolute Gasteiger partial charge is 0.0507 e. The summed E-state index contributed by atoms with van der Waals surface area (Å²) in [7, 11) is 0. The van der Waals surface area contributed by atoms with Crippen LogP contribution < -0.4 is 0 Å². The third kappa shape index (κ3) is 6.83. The molecule has 0 aromatic carbocycles. The Kier molecular flexibility index (Phi) is 7.94. The van der Waals surface area contributed by atoms with Crippen molar-refractivity contribution in [1.29, 1.82) is 0 Å². The fraction of sp³-hybridized carbons (Fsp3) is 1.00. The van der Waals surface area contributed by atoms with Crippen molar-refractivity contribution in [3.8, 4) is 0 Å². The van der Waals surface area contributed by atoms with Gasteiger partial charge < -0.3 is 4.74 Å². The van der Waals surface area contributed by atoms with Crippen LogP contribution in [0.2, 0.25) is 0 Å². The SMILES string of the molecule is CCCCCOCC(CBr)C(C)(C)C. The standard InChI is InChI=1S/C12H25BrO/c1-5-6-7-8-14-10-11(9-13)12(2,3)4/h11H,5-10H2,1-4H3. The van der Waals surface area contributed by atoms with Crippen molar-refractivity contribution in [2.45, 2.75) is 47.0 Å². The zero-order valence-corrected chi connectivity index (χ0v) is 11.7. The predicted molar refractivity (Wildman–Crippen MR) is 67.1 cm³/mol. The first-order valence-electron chi connectivity index (χ1n) is 5.66. The summed E-state index contributed by atoms with van der Waals surface area (Å²) in [6.07, 6.45) is 3.76. The minimum Gasteiger partial charge on any atom is -0.381 e. The molecular formula is C12H25BrO. The van der Waals surface area contributed by atoms with Gasteiger partial charge in [-0.15, -0.1) is 0 Å². The second-order valence-electron chi connectivity index (χ2n) is 5.00. The molecule has 1 unspecified atom stereocenters. The van der Waals surface area contributed by atoms with Crippen molar-refractivity contribution in [2.75, 3.05) is 18.5 Å². The molecule has 0 radical (unpaired) electrons. The molecule has 1 nitrogen and oxygen atoms in total. The average Bonchev–Trinajstić information content (AvgIpc) is 2.09. The van der Waals surface area contributed by atoms with Crippen molar-refractivity contribution in [1.82, 2.24) is 0 Å². The zero-order valence-electron chi connectivity index (χ0n) is 10.1. The summed E-state index contributed by atoms with van der Waals surface area (Å²) in [5.41, 5.74) is 0.342. The van der Waals surface area contributed by atoms with Crippen molar-refractivity contribution < 1.29 is 4.74 Å². The number of hydrogen-bond donors (Lipinski definition) is 0. The van der Waals surface area contributed by atoms with E-state index in [-0.39, 0.29) is 0 Å². The van der Waals surface area contributed by atoms with Gasteiger partial charge in [-0.25, -0.2) is 0 Å². The number of hydrogen-bond acceptors (Lipinski definition) is 1. The Bertz CT molecular complexity index is 129. The molecule has 0 aliphatic rings. The summed E-state index contributed by atoms with van der Waals surface area (Å²) in [4.78, 5) is 0. The van der Waals surface area contributed by atoms with Gasteiger partial charge in [-0.05, 0) is 17.8 Å². The monoisotopic (exact) mass is 264 g/mol. The van der Waals surface area contributed by atoms with Crippen molar-refractivity contribution in [3.05, 3.63) is 0 Å². The van der Waals surface area contributed by atoms with Crippen LogP contribution in [0.25, 0.3) is 0 Å². The molecule has 0 fully saturated rings. The Morgan fingerprint density at radius 2 is 1.86 bits per heavy atom. The van der Waals surface area contributed by atoms with E-state index < -0.39 is 0 Å². The summed E-state index contributed by atoms with van der Waals surface area (Å²) in [6.45, 7) is 10.8. The van der Waals surface area contributed by atoms with E-state index in [1.54, 1.807) is 0 Å². The molecule has 14 heavy (non-hydrogen) atoms. The van der Waals surface area contributed by atoms with Gasteiger partial charge >= 0.3 is 0 Å². The van der Waals surface area contributed by atoms with Crippen LogP contribution in [0.3, 0.4) is 0 Å². The molecule has 0 aliphatic carbocycles. The van der Waals surface area contributed by atoms with Gasteiger partial charge in [-0.1, -0.05) is 56.5 Å². The number of ether oxygens (including phenoxy) is 1. The summed E-state index contributed by atoms with van der Waals surface area (Å²) in [6, 6.07) is 0. The van der Waals surface area contributed by atoms with Gasteiger partial charge in [-0.2, -0.15) is 0 Å². The first-order valence-corrected chi connectivity index (χ1v) is 6.78. The molecule has 0 bridgehead atoms. The third-order valence-corrected chi connectivity index (χ3v) is 3.40. The molecule has 0 amide bonds. The molecule has 0 aromatic heterocycles. The van der Waals surface area contributed by atoms with Gasteiger partial charge in [0.05, 0.1) is 6.61 Å². The quantitative estimate of drug-likeness (QED) is 0.494. The molecule has 0 aliphatic heterocycles. The van der Waals surface area contributed by atoms with Crippen molar-refractivity contribution in [3.63, 3.8) is 0 Å². The molecule has 0 saturated carbocycles. The fourth-order valence-electron chi connectivity index (χ4n) is 1.21. The third-order valence-electron chi connectivity index (χ3n) is 2.62. The fourth-order valence-corrected chi connectivity index (χ4v) is 2.36. The van der Waals surface area contributed by atoms with Gasteiger partial charge in [0.15, 0.2) is 0 Å². The van der Waals surface area contributed by atoms with Crippen LogP contribution >= 0.6 is 15.9 Å². The molecule has 2 heteroatoms. The van der Waals surface area contributed by atoms with Crippen LogP contribution in [0, 0.1) is 11.3 Å². The lowest BCUT2D eigenvalue weighted by Gasteiger charge is -2.28. The van der Waals surface area contributed by atoms with E-state index in [1.807, 2.05) is 0 Å². The predicted octanol–water partition coefficient (Wildman–Crippen LogP) is 4.25. The highest BCUT2D eigenvalue weighted by atomic mass is 79.9. The lowest BCUT2D eigenvalue weighted by atomic mass is 9.83. The normalized spacial score (nSPS) is 14.4. The van der Waals surface area contributed by atoms with E-state index in [0.717, 1.165) is 18.5 Å². The second kappa shape index (κ2) is 7.70. The highest BCUT2D eigenvalue weighted by Crippen LogP contribution is 2.27. The first-order chi connectivity index (χ1) is 6.52. The van der Waals surface area contributed by atoms with Crippen molar-refractivity contribution >= 4 is 15.9 Å². The Hall–Kier alpha value is 0.440. The van der Waals surface area contributed by atoms with Gasteiger partial charge in [0.1, 0.15) is 0 Å². The van der Waals surface area contributed by atoms with Crippen LogP contribution in [0.1, 0.15) is 47.0 Å². The Balaban J connectivity index is 3.54. The summed E-state index contributed by atoms with van der Waals surface area (Å²) in [5.74, 6) is 0.615. The lowest BCUT2D eigenvalue weighted by Crippen LogP contribution is -2.26. The molecule has 0 spiro atoms. The maximum absolute atomic E-state index is 5.69. The van der Waals surface area contributed by atoms with Gasteiger partial charge in [0, 0.05) is 11.9 Å². The Labute approximate surface area is 97.7 Å². The summed E-state index contributed by atoms with van der Waals surface area (Å²) >= 11 is 3.55. The van der Waals surface area contributed by atoms with E-state index in [1.165, 1.54) is 19.3 Å². The average molecular weight is 265 g/mol. The second-order valence-corrected chi connectivity index (χ2v) is 5.65. The molecule has 0 rings (SSSR count). The topological polar surface area (TPSA) is 9.23 Å². The largest absolute Gasteiger partial charge is 0.381 e. The molecule has 0 N–H and O–H groups in total. The van der Waals surface area contributed by atoms with Gasteiger partial charge in [0.2, 0.25) is 0 Å². The van der Waals surface area contributed by atoms with E-state index in [9.17, 15) is 0 Å². The minimum atomic E-state index is 0.342. The first kappa shape index (κ1) is 14.4. The Morgan fingerprint density at radius 3 is 2.29 bits per heavy atom. The van der Waals surface area contributed by atoms with Gasteiger partial charge in [-0.3, -0.25) is 0 Å². The van der Waals surface area contributed by atoms with Crippen LogP contribution in [0.5, 0.6) is 0 Å². The van der Waals surface area contributed by atoms with Crippen LogP contribution in [-0.2, 0) is 4.74 Å². The number of alkyl halides is 1. The van der Waals surface area contributed by atoms with E-state index in [0.29, 0.717) is 11.3 Å². The highest BCUT2D eigenvalue weighted by Gasteiger charge is 2.23. The minimum absolute atomic E-state index is 0.342. The molecule has 0 heterocycles. The molecule has 86 valence electrons. The van der Waals surface area contributed by atoms with E-state index in [4.69, 9.17) is 4.74 Å². The van der Waals surface area contributed by atoms with Crippen LogP contribution in [0.15, 0.2) is 0 Å². The van der Waals surface area contributed by atoms with Gasteiger partial charge in [0.25, 0.3) is 0 Å². The highest BCUT2D eigenvalue weighted by molar-refractivity contribution is 9.09. The van der Waals surface area contributed by atoms with E-state index >= 15 is 0 Å². The number of rotatable bonds is 7. The molecular weight excluding hydrogens is 240 g/mol. The summed E-state index contributed by atoms with van der Waals surface area (Å²) in [5, 5.41) is 1.03. The number of unbranched alkanes of at least 4 members (excludes halogenated alkanes) is 2. The molecule has 0 aromatic rings. The van der Waals surface area contributed by atoms with Crippen LogP contribution in [0.4, 0.5) is 0 Å². The lowest BCUT2D eigenvalue weighted by molar-refractivity contribution is 0.0645. The zero-order chi connectivity index (χ0) is 11.0. The molecule has 1 atom stereocenters. The number of halogens is 1. The maximum atomic E-state index is 5.69.